The average molecular weight is 285 g/mol. The van der Waals surface area contributed by atoms with Crippen molar-refractivity contribution in [3.8, 4) is 5.75 Å². The lowest BCUT2D eigenvalue weighted by molar-refractivity contribution is -0.0645. The van der Waals surface area contributed by atoms with E-state index in [0.717, 1.165) is 0 Å². The third-order valence-corrected chi connectivity index (χ3v) is 5.38. The van der Waals surface area contributed by atoms with E-state index in [2.05, 4.69) is 4.72 Å². The zero-order valence-electron chi connectivity index (χ0n) is 11.3. The number of ether oxygens (including phenoxy) is 1. The van der Waals surface area contributed by atoms with Crippen molar-refractivity contribution in [3.63, 3.8) is 0 Å². The smallest absolute Gasteiger partial charge is 0.244 e. The molecule has 0 bridgehead atoms. The molecule has 0 aromatic heterocycles. The molecule has 2 unspecified atom stereocenters. The minimum absolute atomic E-state index is 0.120. The summed E-state index contributed by atoms with van der Waals surface area (Å²) in [7, 11) is -2.21. The first-order chi connectivity index (χ1) is 8.79. The molecule has 106 valence electrons. The van der Waals surface area contributed by atoms with Gasteiger partial charge in [0.2, 0.25) is 10.0 Å². The summed E-state index contributed by atoms with van der Waals surface area (Å²) in [6.45, 7) is 3.69. The highest BCUT2D eigenvalue weighted by molar-refractivity contribution is 7.89. The third kappa shape index (κ3) is 2.48. The highest BCUT2D eigenvalue weighted by Crippen LogP contribution is 2.41. The second-order valence-corrected chi connectivity index (χ2v) is 7.08. The van der Waals surface area contributed by atoms with Gasteiger partial charge in [-0.3, -0.25) is 0 Å². The largest absolute Gasteiger partial charge is 0.495 e. The molecule has 5 nitrogen and oxygen atoms in total. The maximum Gasteiger partial charge on any atom is 0.244 e. The van der Waals surface area contributed by atoms with E-state index in [1.54, 1.807) is 18.2 Å². The second-order valence-electron chi connectivity index (χ2n) is 5.40. The molecule has 1 fully saturated rings. The van der Waals surface area contributed by atoms with Gasteiger partial charge in [-0.2, -0.15) is 0 Å². The van der Waals surface area contributed by atoms with Gasteiger partial charge in [0, 0.05) is 11.5 Å². The SMILES string of the molecule is COc1ccccc1S(=O)(=O)NC1CC(O)C1(C)C. The van der Waals surface area contributed by atoms with Crippen molar-refractivity contribution in [3.05, 3.63) is 24.3 Å². The Morgan fingerprint density at radius 3 is 2.53 bits per heavy atom. The molecule has 2 atom stereocenters. The Hall–Kier alpha value is -1.11. The molecule has 1 aromatic rings. The molecule has 0 aliphatic heterocycles. The summed E-state index contributed by atoms with van der Waals surface area (Å²) in [5, 5.41) is 9.65. The van der Waals surface area contributed by atoms with E-state index >= 15 is 0 Å². The maximum absolute atomic E-state index is 12.3. The van der Waals surface area contributed by atoms with Gasteiger partial charge in [0.15, 0.2) is 0 Å². The van der Waals surface area contributed by atoms with Crippen molar-refractivity contribution in [2.75, 3.05) is 7.11 Å². The van der Waals surface area contributed by atoms with Gasteiger partial charge >= 0.3 is 0 Å². The standard InChI is InChI=1S/C13H19NO4S/c1-13(2)11(8-12(13)15)14-19(16,17)10-7-5-4-6-9(10)18-3/h4-7,11-12,14-15H,8H2,1-3H3. The van der Waals surface area contributed by atoms with Crippen molar-refractivity contribution in [1.29, 1.82) is 0 Å². The van der Waals surface area contributed by atoms with E-state index in [1.807, 2.05) is 13.8 Å². The highest BCUT2D eigenvalue weighted by Gasteiger charge is 2.49. The summed E-state index contributed by atoms with van der Waals surface area (Å²) in [6, 6.07) is 6.21. The van der Waals surface area contributed by atoms with Crippen LogP contribution in [0.3, 0.4) is 0 Å². The van der Waals surface area contributed by atoms with Crippen molar-refractivity contribution in [2.24, 2.45) is 5.41 Å². The molecule has 0 spiro atoms. The lowest BCUT2D eigenvalue weighted by Gasteiger charge is -2.49. The number of aliphatic hydroxyl groups is 1. The molecular weight excluding hydrogens is 266 g/mol. The first-order valence-electron chi connectivity index (χ1n) is 6.12. The molecule has 1 aliphatic carbocycles. The molecule has 1 aromatic carbocycles. The molecule has 0 heterocycles. The Labute approximate surface area is 113 Å². The van der Waals surface area contributed by atoms with Crippen LogP contribution in [0.2, 0.25) is 0 Å². The zero-order chi connectivity index (χ0) is 14.3. The number of para-hydroxylation sites is 1. The number of aliphatic hydroxyl groups excluding tert-OH is 1. The van der Waals surface area contributed by atoms with Crippen LogP contribution >= 0.6 is 0 Å². The van der Waals surface area contributed by atoms with E-state index in [4.69, 9.17) is 4.74 Å². The summed E-state index contributed by atoms with van der Waals surface area (Å²) in [5.74, 6) is 0.313. The molecule has 0 amide bonds. The first kappa shape index (κ1) is 14.3. The van der Waals surface area contributed by atoms with Crippen molar-refractivity contribution in [1.82, 2.24) is 4.72 Å². The summed E-state index contributed by atoms with van der Waals surface area (Å²) in [5.41, 5.74) is -0.449. The lowest BCUT2D eigenvalue weighted by atomic mass is 9.65. The number of rotatable bonds is 4. The molecule has 2 rings (SSSR count). The summed E-state index contributed by atoms with van der Waals surface area (Å²) in [6.07, 6.45) is -0.0423. The number of methoxy groups -OCH3 is 1. The van der Waals surface area contributed by atoms with Crippen LogP contribution in [0.1, 0.15) is 20.3 Å². The minimum atomic E-state index is -3.64. The van der Waals surface area contributed by atoms with Crippen molar-refractivity contribution >= 4 is 10.0 Å². The van der Waals surface area contributed by atoms with Gasteiger partial charge in [0.25, 0.3) is 0 Å². The van der Waals surface area contributed by atoms with Gasteiger partial charge in [0.1, 0.15) is 10.6 Å². The molecule has 0 radical (unpaired) electrons. The minimum Gasteiger partial charge on any atom is -0.495 e. The van der Waals surface area contributed by atoms with Crippen LogP contribution in [0.5, 0.6) is 5.75 Å². The van der Waals surface area contributed by atoms with Crippen molar-refractivity contribution in [2.45, 2.75) is 37.3 Å². The Morgan fingerprint density at radius 2 is 2.00 bits per heavy atom. The van der Waals surface area contributed by atoms with E-state index in [9.17, 15) is 13.5 Å². The highest BCUT2D eigenvalue weighted by atomic mass is 32.2. The number of sulfonamides is 1. The molecule has 6 heteroatoms. The summed E-state index contributed by atoms with van der Waals surface area (Å²) < 4.78 is 32.4. The summed E-state index contributed by atoms with van der Waals surface area (Å²) >= 11 is 0. The Bertz CT molecular complexity index is 568. The Balaban J connectivity index is 2.25. The van der Waals surface area contributed by atoms with E-state index < -0.39 is 21.5 Å². The third-order valence-electron chi connectivity index (χ3n) is 3.87. The quantitative estimate of drug-likeness (QED) is 0.869. The van der Waals surface area contributed by atoms with Gasteiger partial charge < -0.3 is 9.84 Å². The Kier molecular flexibility index (Phi) is 3.59. The number of nitrogens with one attached hydrogen (secondary N) is 1. The molecular formula is C13H19NO4S. The normalized spacial score (nSPS) is 25.7. The van der Waals surface area contributed by atoms with E-state index in [-0.39, 0.29) is 10.9 Å². The van der Waals surface area contributed by atoms with Gasteiger partial charge in [-0.25, -0.2) is 13.1 Å². The van der Waals surface area contributed by atoms with Crippen LogP contribution in [-0.4, -0.2) is 32.8 Å². The molecule has 1 saturated carbocycles. The monoisotopic (exact) mass is 285 g/mol. The average Bonchev–Trinajstić information content (AvgIpc) is 2.38. The molecule has 2 N–H and O–H groups in total. The number of benzene rings is 1. The van der Waals surface area contributed by atoms with Crippen LogP contribution in [0, 0.1) is 5.41 Å². The van der Waals surface area contributed by atoms with Crippen LogP contribution in [0.4, 0.5) is 0 Å². The topological polar surface area (TPSA) is 75.6 Å². The summed E-state index contributed by atoms with van der Waals surface area (Å²) in [4.78, 5) is 0.120. The predicted octanol–water partition coefficient (Wildman–Crippen LogP) is 1.13. The first-order valence-corrected chi connectivity index (χ1v) is 7.61. The fourth-order valence-corrected chi connectivity index (χ4v) is 3.77. The van der Waals surface area contributed by atoms with Crippen LogP contribution in [-0.2, 0) is 10.0 Å². The maximum atomic E-state index is 12.3. The van der Waals surface area contributed by atoms with Gasteiger partial charge in [0.05, 0.1) is 13.2 Å². The second kappa shape index (κ2) is 4.77. The van der Waals surface area contributed by atoms with Crippen LogP contribution in [0.15, 0.2) is 29.2 Å². The van der Waals surface area contributed by atoms with Crippen LogP contribution in [0.25, 0.3) is 0 Å². The predicted molar refractivity (Wildman–Crippen MR) is 71.5 cm³/mol. The number of hydrogen-bond donors (Lipinski definition) is 2. The zero-order valence-corrected chi connectivity index (χ0v) is 12.1. The van der Waals surface area contributed by atoms with Gasteiger partial charge in [-0.1, -0.05) is 26.0 Å². The Morgan fingerprint density at radius 1 is 1.37 bits per heavy atom. The molecule has 0 saturated heterocycles. The van der Waals surface area contributed by atoms with Gasteiger partial charge in [-0.05, 0) is 18.6 Å². The fourth-order valence-electron chi connectivity index (χ4n) is 2.19. The lowest BCUT2D eigenvalue weighted by Crippen LogP contribution is -2.61. The molecule has 19 heavy (non-hydrogen) atoms. The van der Waals surface area contributed by atoms with E-state index in [1.165, 1.54) is 13.2 Å². The van der Waals surface area contributed by atoms with E-state index in [0.29, 0.717) is 12.2 Å². The fraction of sp³-hybridized carbons (Fsp3) is 0.538. The van der Waals surface area contributed by atoms with Gasteiger partial charge in [-0.15, -0.1) is 0 Å². The molecule has 1 aliphatic rings. The van der Waals surface area contributed by atoms with Crippen LogP contribution < -0.4 is 9.46 Å². The number of hydrogen-bond acceptors (Lipinski definition) is 4. The van der Waals surface area contributed by atoms with Crippen molar-refractivity contribution < 1.29 is 18.3 Å².